The molecule has 0 fully saturated rings. The molecule has 0 aliphatic heterocycles. The third-order valence-corrected chi connectivity index (χ3v) is 5.30. The van der Waals surface area contributed by atoms with Crippen molar-refractivity contribution in [3.8, 4) is 22.1 Å². The Morgan fingerprint density at radius 3 is 2.48 bits per heavy atom. The Bertz CT molecular complexity index is 1110. The van der Waals surface area contributed by atoms with Gasteiger partial charge in [-0.15, -0.1) is 11.3 Å². The lowest BCUT2D eigenvalue weighted by atomic mass is 10.2. The summed E-state index contributed by atoms with van der Waals surface area (Å²) in [6, 6.07) is 23.0. The highest BCUT2D eigenvalue weighted by Crippen LogP contribution is 2.35. The molecule has 29 heavy (non-hydrogen) atoms. The second-order valence-corrected chi connectivity index (χ2v) is 7.28. The molecule has 146 valence electrons. The Morgan fingerprint density at radius 2 is 1.66 bits per heavy atom. The Morgan fingerprint density at radius 1 is 0.931 bits per heavy atom. The van der Waals surface area contributed by atoms with Gasteiger partial charge in [-0.3, -0.25) is 4.79 Å². The van der Waals surface area contributed by atoms with Gasteiger partial charge in [-0.05, 0) is 43.3 Å². The molecule has 0 unspecified atom stereocenters. The maximum atomic E-state index is 12.4. The molecular weight excluding hydrogens is 384 g/mol. The lowest BCUT2D eigenvalue weighted by Crippen LogP contribution is -2.20. The van der Waals surface area contributed by atoms with Crippen molar-refractivity contribution < 1.29 is 14.3 Å². The van der Waals surface area contributed by atoms with Crippen molar-refractivity contribution in [2.75, 3.05) is 18.5 Å². The van der Waals surface area contributed by atoms with Crippen molar-refractivity contribution in [2.24, 2.45) is 0 Å². The van der Waals surface area contributed by atoms with E-state index in [4.69, 9.17) is 14.5 Å². The van der Waals surface area contributed by atoms with Crippen molar-refractivity contribution in [1.29, 1.82) is 0 Å². The smallest absolute Gasteiger partial charge is 0.262 e. The number of para-hydroxylation sites is 4. The summed E-state index contributed by atoms with van der Waals surface area (Å²) in [4.78, 5) is 17.1. The number of hydrogen-bond donors (Lipinski definition) is 1. The quantitative estimate of drug-likeness (QED) is 0.449. The summed E-state index contributed by atoms with van der Waals surface area (Å²) in [6.45, 7) is 2.32. The van der Waals surface area contributed by atoms with E-state index in [0.717, 1.165) is 20.8 Å². The molecule has 0 saturated carbocycles. The number of rotatable bonds is 7. The van der Waals surface area contributed by atoms with Crippen LogP contribution in [-0.4, -0.2) is 24.1 Å². The van der Waals surface area contributed by atoms with Gasteiger partial charge in [0.2, 0.25) is 0 Å². The molecular formula is C23H20N2O3S. The third kappa shape index (κ3) is 4.38. The fourth-order valence-electron chi connectivity index (χ4n) is 2.94. The van der Waals surface area contributed by atoms with E-state index in [-0.39, 0.29) is 12.5 Å². The fourth-order valence-corrected chi connectivity index (χ4v) is 3.93. The average molecular weight is 404 g/mol. The van der Waals surface area contributed by atoms with E-state index in [1.807, 2.05) is 73.7 Å². The van der Waals surface area contributed by atoms with Gasteiger partial charge in [0.25, 0.3) is 5.91 Å². The molecule has 0 atom stereocenters. The first-order chi connectivity index (χ1) is 14.2. The molecule has 4 aromatic rings. The van der Waals surface area contributed by atoms with Gasteiger partial charge in [0.1, 0.15) is 16.5 Å². The first kappa shape index (κ1) is 19.0. The third-order valence-electron chi connectivity index (χ3n) is 4.23. The highest BCUT2D eigenvalue weighted by Gasteiger charge is 2.13. The molecule has 1 amide bonds. The van der Waals surface area contributed by atoms with E-state index in [1.165, 1.54) is 0 Å². The van der Waals surface area contributed by atoms with Gasteiger partial charge < -0.3 is 14.8 Å². The summed E-state index contributed by atoms with van der Waals surface area (Å²) >= 11 is 1.60. The van der Waals surface area contributed by atoms with Gasteiger partial charge in [0.05, 0.1) is 28.1 Å². The van der Waals surface area contributed by atoms with Gasteiger partial charge in [-0.1, -0.05) is 36.4 Å². The van der Waals surface area contributed by atoms with Crippen LogP contribution in [0.25, 0.3) is 20.8 Å². The molecule has 1 heterocycles. The van der Waals surface area contributed by atoms with Crippen LogP contribution in [0.3, 0.4) is 0 Å². The molecule has 0 saturated heterocycles. The predicted molar refractivity (Wildman–Crippen MR) is 117 cm³/mol. The summed E-state index contributed by atoms with van der Waals surface area (Å²) in [5.74, 6) is 1.01. The highest BCUT2D eigenvalue weighted by molar-refractivity contribution is 7.21. The Kier molecular flexibility index (Phi) is 5.72. The summed E-state index contributed by atoms with van der Waals surface area (Å²) in [5, 5.41) is 3.71. The predicted octanol–water partition coefficient (Wildman–Crippen LogP) is 5.38. The van der Waals surface area contributed by atoms with Gasteiger partial charge in [0.15, 0.2) is 6.61 Å². The van der Waals surface area contributed by atoms with E-state index in [0.29, 0.717) is 23.8 Å². The number of carbonyl (C=O) groups is 1. The molecule has 6 heteroatoms. The molecule has 4 rings (SSSR count). The van der Waals surface area contributed by atoms with E-state index in [1.54, 1.807) is 17.4 Å². The van der Waals surface area contributed by atoms with Crippen molar-refractivity contribution in [1.82, 2.24) is 4.98 Å². The minimum atomic E-state index is -0.253. The van der Waals surface area contributed by atoms with E-state index < -0.39 is 0 Å². The maximum Gasteiger partial charge on any atom is 0.262 e. The Hall–Kier alpha value is -3.38. The zero-order valence-corrected chi connectivity index (χ0v) is 16.7. The van der Waals surface area contributed by atoms with E-state index >= 15 is 0 Å². The summed E-state index contributed by atoms with van der Waals surface area (Å²) in [7, 11) is 0. The molecule has 0 aliphatic carbocycles. The monoisotopic (exact) mass is 404 g/mol. The van der Waals surface area contributed by atoms with Crippen LogP contribution in [0.2, 0.25) is 0 Å². The van der Waals surface area contributed by atoms with Crippen LogP contribution in [0.1, 0.15) is 6.92 Å². The number of carbonyl (C=O) groups excluding carboxylic acids is 1. The average Bonchev–Trinajstić information content (AvgIpc) is 3.18. The lowest BCUT2D eigenvalue weighted by Gasteiger charge is -2.12. The van der Waals surface area contributed by atoms with Crippen LogP contribution >= 0.6 is 11.3 Å². The van der Waals surface area contributed by atoms with Crippen LogP contribution in [0.5, 0.6) is 11.5 Å². The normalized spacial score (nSPS) is 10.7. The van der Waals surface area contributed by atoms with Gasteiger partial charge in [-0.25, -0.2) is 4.98 Å². The molecule has 1 N–H and O–H groups in total. The number of nitrogens with one attached hydrogen (secondary N) is 1. The van der Waals surface area contributed by atoms with Crippen LogP contribution in [-0.2, 0) is 4.79 Å². The zero-order chi connectivity index (χ0) is 20.1. The zero-order valence-electron chi connectivity index (χ0n) is 15.9. The van der Waals surface area contributed by atoms with Crippen LogP contribution in [0, 0.1) is 0 Å². The number of anilines is 1. The van der Waals surface area contributed by atoms with Crippen molar-refractivity contribution >= 4 is 33.1 Å². The lowest BCUT2D eigenvalue weighted by molar-refractivity contribution is -0.118. The SMILES string of the molecule is CCOc1ccccc1NC(=O)COc1ccccc1-c1nc2ccccc2s1. The second-order valence-electron chi connectivity index (χ2n) is 6.25. The van der Waals surface area contributed by atoms with E-state index in [2.05, 4.69) is 5.32 Å². The number of amides is 1. The van der Waals surface area contributed by atoms with E-state index in [9.17, 15) is 4.79 Å². The molecule has 5 nitrogen and oxygen atoms in total. The summed E-state index contributed by atoms with van der Waals surface area (Å²) in [6.07, 6.45) is 0. The number of thiazole rings is 1. The van der Waals surface area contributed by atoms with Crippen LogP contribution in [0.4, 0.5) is 5.69 Å². The Labute approximate surface area is 172 Å². The number of hydrogen-bond acceptors (Lipinski definition) is 5. The first-order valence-electron chi connectivity index (χ1n) is 9.34. The number of benzene rings is 3. The minimum absolute atomic E-state index is 0.109. The van der Waals surface area contributed by atoms with Gasteiger partial charge in [-0.2, -0.15) is 0 Å². The molecule has 0 aliphatic rings. The topological polar surface area (TPSA) is 60.5 Å². The van der Waals surface area contributed by atoms with Crippen molar-refractivity contribution in [2.45, 2.75) is 6.92 Å². The van der Waals surface area contributed by atoms with Gasteiger partial charge in [0, 0.05) is 0 Å². The Balaban J connectivity index is 1.49. The number of ether oxygens (including phenoxy) is 2. The second kappa shape index (κ2) is 8.75. The maximum absolute atomic E-state index is 12.4. The van der Waals surface area contributed by atoms with Crippen molar-refractivity contribution in [3.05, 3.63) is 72.8 Å². The summed E-state index contributed by atoms with van der Waals surface area (Å²) in [5.41, 5.74) is 2.45. The summed E-state index contributed by atoms with van der Waals surface area (Å²) < 4.78 is 12.5. The van der Waals surface area contributed by atoms with Gasteiger partial charge >= 0.3 is 0 Å². The molecule has 0 bridgehead atoms. The standard InChI is InChI=1S/C23H20N2O3S/c1-2-27-20-13-7-4-10-17(20)24-22(26)15-28-19-12-6-3-9-16(19)23-25-18-11-5-8-14-21(18)29-23/h3-14H,2,15H2,1H3,(H,24,26). The minimum Gasteiger partial charge on any atom is -0.492 e. The first-order valence-corrected chi connectivity index (χ1v) is 10.2. The molecule has 1 aromatic heterocycles. The van der Waals surface area contributed by atoms with Crippen LogP contribution in [0.15, 0.2) is 72.8 Å². The van der Waals surface area contributed by atoms with Crippen molar-refractivity contribution in [3.63, 3.8) is 0 Å². The largest absolute Gasteiger partial charge is 0.492 e. The van der Waals surface area contributed by atoms with Crippen LogP contribution < -0.4 is 14.8 Å². The molecule has 0 radical (unpaired) electrons. The highest BCUT2D eigenvalue weighted by atomic mass is 32.1. The fraction of sp³-hybridized carbons (Fsp3) is 0.130. The number of aromatic nitrogens is 1. The molecule has 0 spiro atoms. The number of nitrogens with zero attached hydrogens (tertiary/aromatic N) is 1. The number of fused-ring (bicyclic) bond motifs is 1. The molecule has 3 aromatic carbocycles.